The Kier molecular flexibility index (Phi) is 11.4. The summed E-state index contributed by atoms with van der Waals surface area (Å²) < 4.78 is 9.76. The van der Waals surface area contributed by atoms with Crippen molar-refractivity contribution >= 4 is 23.9 Å². The smallest absolute Gasteiger partial charge is 0.329 e. The van der Waals surface area contributed by atoms with Crippen LogP contribution in [0.1, 0.15) is 77.0 Å². The molecule has 3 N–H and O–H groups in total. The van der Waals surface area contributed by atoms with E-state index in [0.29, 0.717) is 6.42 Å². The Balaban J connectivity index is 2.76. The number of hydrogen-bond donors (Lipinski definition) is 3. The zero-order valence-corrected chi connectivity index (χ0v) is 16.0. The number of carboxylic acid groups (broad SMARTS) is 2. The van der Waals surface area contributed by atoms with Gasteiger partial charge in [-0.15, -0.1) is 0 Å². The molecule has 1 aliphatic rings. The third-order valence-corrected chi connectivity index (χ3v) is 4.16. The van der Waals surface area contributed by atoms with Crippen molar-refractivity contribution in [1.29, 1.82) is 0 Å². The lowest BCUT2D eigenvalue weighted by Crippen LogP contribution is -2.38. The highest BCUT2D eigenvalue weighted by Crippen LogP contribution is 2.16. The van der Waals surface area contributed by atoms with Crippen LogP contribution >= 0.6 is 0 Å². The summed E-state index contributed by atoms with van der Waals surface area (Å²) >= 11 is 0. The van der Waals surface area contributed by atoms with Crippen molar-refractivity contribution in [3.8, 4) is 0 Å². The van der Waals surface area contributed by atoms with E-state index in [4.69, 9.17) is 19.7 Å². The summed E-state index contributed by atoms with van der Waals surface area (Å²) in [7, 11) is 0. The van der Waals surface area contributed by atoms with Gasteiger partial charge in [0, 0.05) is 5.70 Å². The number of allylic oxidation sites excluding steroid dienone is 2. The van der Waals surface area contributed by atoms with Gasteiger partial charge in [-0.1, -0.05) is 44.6 Å². The van der Waals surface area contributed by atoms with E-state index in [9.17, 15) is 19.2 Å². The summed E-state index contributed by atoms with van der Waals surface area (Å²) in [5, 5.41) is 20.2. The number of carbonyl (C=O) groups is 4. The van der Waals surface area contributed by atoms with Crippen molar-refractivity contribution < 1.29 is 38.9 Å². The molecule has 0 bridgehead atoms. The first kappa shape index (κ1) is 23.5. The maximum Gasteiger partial charge on any atom is 0.329 e. The third kappa shape index (κ3) is 11.9. The first-order valence-corrected chi connectivity index (χ1v) is 9.65. The lowest BCUT2D eigenvalue weighted by molar-refractivity contribution is -0.193. The normalized spacial score (nSPS) is 18.0. The molecule has 0 amide bonds. The number of aliphatic carboxylic acids is 2. The molecular weight excluding hydrogens is 370 g/mol. The van der Waals surface area contributed by atoms with Gasteiger partial charge in [0.05, 0.1) is 0 Å². The van der Waals surface area contributed by atoms with Gasteiger partial charge in [0.2, 0.25) is 0 Å². The molecule has 0 aromatic rings. The molecule has 0 radical (unpaired) electrons. The zero-order valence-electron chi connectivity index (χ0n) is 16.0. The van der Waals surface area contributed by atoms with Crippen LogP contribution in [0.2, 0.25) is 0 Å². The van der Waals surface area contributed by atoms with E-state index in [1.165, 1.54) is 19.3 Å². The van der Waals surface area contributed by atoms with Gasteiger partial charge in [0.15, 0.2) is 0 Å². The highest BCUT2D eigenvalue weighted by Gasteiger charge is 2.22. The van der Waals surface area contributed by atoms with Crippen LogP contribution in [0.5, 0.6) is 0 Å². The van der Waals surface area contributed by atoms with Gasteiger partial charge < -0.3 is 25.0 Å². The van der Waals surface area contributed by atoms with Crippen LogP contribution in [-0.2, 0) is 28.7 Å². The topological polar surface area (TPSA) is 139 Å². The molecule has 9 nitrogen and oxygen atoms in total. The predicted molar refractivity (Wildman–Crippen MR) is 97.9 cm³/mol. The lowest BCUT2D eigenvalue weighted by Gasteiger charge is -2.22. The van der Waals surface area contributed by atoms with Crippen LogP contribution in [0.15, 0.2) is 11.8 Å². The summed E-state index contributed by atoms with van der Waals surface area (Å²) in [6.45, 7) is 0. The number of hydrogen-bond acceptors (Lipinski definition) is 7. The largest absolute Gasteiger partial charge is 0.481 e. The van der Waals surface area contributed by atoms with E-state index in [-0.39, 0.29) is 0 Å². The van der Waals surface area contributed by atoms with Crippen LogP contribution in [-0.4, -0.2) is 40.5 Å². The molecule has 0 fully saturated rings. The minimum Gasteiger partial charge on any atom is -0.481 e. The number of nitrogens with one attached hydrogen (secondary N) is 1. The number of esters is 2. The fraction of sp³-hybridized carbons (Fsp3) is 0.684. The van der Waals surface area contributed by atoms with Gasteiger partial charge >= 0.3 is 30.3 Å². The van der Waals surface area contributed by atoms with Crippen molar-refractivity contribution in [3.05, 3.63) is 11.8 Å². The van der Waals surface area contributed by atoms with Gasteiger partial charge in [0.1, 0.15) is 12.8 Å². The molecular formula is C19H29NO8. The Morgan fingerprint density at radius 3 is 1.79 bits per heavy atom. The van der Waals surface area contributed by atoms with Gasteiger partial charge in [0.25, 0.3) is 0 Å². The van der Waals surface area contributed by atoms with E-state index in [1.54, 1.807) is 0 Å². The highest BCUT2D eigenvalue weighted by atomic mass is 16.7. The Bertz CT molecular complexity index is 542. The minimum atomic E-state index is -1.57. The summed E-state index contributed by atoms with van der Waals surface area (Å²) in [4.78, 5) is 44.6. The first-order chi connectivity index (χ1) is 13.4. The van der Waals surface area contributed by atoms with Crippen molar-refractivity contribution in [3.63, 3.8) is 0 Å². The standard InChI is InChI=1S/C19H29NO8/c21-15(22)12-17(25)27-19(28-18(26)13-16(23)24)20-14-10-8-6-4-2-1-3-5-7-9-11-14/h10,19-20H,1-9,11-13H2,(H,21,22)(H,23,24)/b14-10-. The van der Waals surface area contributed by atoms with Crippen LogP contribution in [0.3, 0.4) is 0 Å². The number of carbonyl (C=O) groups excluding carboxylic acids is 2. The SMILES string of the molecule is O=C(O)CC(=O)OC(N/C1=C\CCCCCCCCCC1)OC(=O)CC(=O)O. The van der Waals surface area contributed by atoms with Gasteiger partial charge in [-0.25, -0.2) is 0 Å². The molecule has 9 heteroatoms. The molecule has 0 spiro atoms. The van der Waals surface area contributed by atoms with Gasteiger partial charge in [-0.3, -0.25) is 19.2 Å². The lowest BCUT2D eigenvalue weighted by atomic mass is 10.0. The molecule has 0 saturated heterocycles. The average Bonchev–Trinajstić information content (AvgIpc) is 2.55. The van der Waals surface area contributed by atoms with Crippen molar-refractivity contribution in [2.24, 2.45) is 0 Å². The van der Waals surface area contributed by atoms with E-state index >= 15 is 0 Å². The van der Waals surface area contributed by atoms with Gasteiger partial charge in [-0.2, -0.15) is 0 Å². The van der Waals surface area contributed by atoms with E-state index < -0.39 is 43.1 Å². The number of rotatable bonds is 8. The molecule has 0 aromatic carbocycles. The minimum absolute atomic E-state index is 0.656. The second-order valence-corrected chi connectivity index (χ2v) is 6.69. The van der Waals surface area contributed by atoms with E-state index in [2.05, 4.69) is 5.32 Å². The Morgan fingerprint density at radius 1 is 0.821 bits per heavy atom. The number of carboxylic acids is 2. The number of ether oxygens (including phenoxy) is 2. The molecule has 1 aliphatic carbocycles. The summed E-state index contributed by atoms with van der Waals surface area (Å²) in [5.74, 6) is -4.96. The van der Waals surface area contributed by atoms with Crippen molar-refractivity contribution in [2.75, 3.05) is 0 Å². The first-order valence-electron chi connectivity index (χ1n) is 9.65. The zero-order chi connectivity index (χ0) is 20.8. The molecule has 0 atom stereocenters. The van der Waals surface area contributed by atoms with Crippen LogP contribution in [0, 0.1) is 0 Å². The molecule has 0 aliphatic heterocycles. The highest BCUT2D eigenvalue weighted by molar-refractivity contribution is 5.91. The molecule has 1 rings (SSSR count). The van der Waals surface area contributed by atoms with E-state index in [0.717, 1.165) is 44.2 Å². The molecule has 0 aromatic heterocycles. The van der Waals surface area contributed by atoms with Crippen LogP contribution < -0.4 is 5.32 Å². The second kappa shape index (κ2) is 13.6. The summed E-state index contributed by atoms with van der Waals surface area (Å²) in [6, 6.07) is 0. The van der Waals surface area contributed by atoms with E-state index in [1.807, 2.05) is 6.08 Å². The van der Waals surface area contributed by atoms with Crippen molar-refractivity contribution in [1.82, 2.24) is 5.32 Å². The monoisotopic (exact) mass is 399 g/mol. The fourth-order valence-electron chi connectivity index (χ4n) is 2.83. The Hall–Kier alpha value is -2.58. The maximum atomic E-state index is 11.6. The average molecular weight is 399 g/mol. The summed E-state index contributed by atoms with van der Waals surface area (Å²) in [6.07, 6.45) is 8.90. The predicted octanol–water partition coefficient (Wildman–Crippen LogP) is 2.69. The summed E-state index contributed by atoms with van der Waals surface area (Å²) in [5.41, 5.74) is 0.719. The molecule has 0 unspecified atom stereocenters. The Labute approximate surface area is 164 Å². The van der Waals surface area contributed by atoms with Crippen molar-refractivity contribution in [2.45, 2.75) is 83.5 Å². The van der Waals surface area contributed by atoms with Crippen LogP contribution in [0.4, 0.5) is 0 Å². The van der Waals surface area contributed by atoms with Gasteiger partial charge in [-0.05, 0) is 25.7 Å². The molecule has 0 heterocycles. The Morgan fingerprint density at radius 2 is 1.29 bits per heavy atom. The molecule has 158 valence electrons. The molecule has 28 heavy (non-hydrogen) atoms. The molecule has 0 saturated carbocycles. The third-order valence-electron chi connectivity index (χ3n) is 4.16. The maximum absolute atomic E-state index is 11.6. The van der Waals surface area contributed by atoms with Crippen LogP contribution in [0.25, 0.3) is 0 Å². The fourth-order valence-corrected chi connectivity index (χ4v) is 2.83. The quantitative estimate of drug-likeness (QED) is 0.319. The second-order valence-electron chi connectivity index (χ2n) is 6.69.